The first-order chi connectivity index (χ1) is 8.27. The summed E-state index contributed by atoms with van der Waals surface area (Å²) in [6.45, 7) is 2.94. The van der Waals surface area contributed by atoms with E-state index in [-0.39, 0.29) is 4.90 Å². The van der Waals surface area contributed by atoms with Crippen molar-refractivity contribution in [2.45, 2.75) is 18.7 Å². The first kappa shape index (κ1) is 14.9. The Morgan fingerprint density at radius 3 is 2.50 bits per heavy atom. The van der Waals surface area contributed by atoms with Crippen LogP contribution in [0.15, 0.2) is 17.0 Å². The number of hydrogen-bond donors (Lipinski definition) is 1. The highest BCUT2D eigenvalue weighted by Gasteiger charge is 2.19. The summed E-state index contributed by atoms with van der Waals surface area (Å²) in [5, 5.41) is 0.499. The molecule has 0 unspecified atom stereocenters. The summed E-state index contributed by atoms with van der Waals surface area (Å²) in [4.78, 5) is 11.0. The molecule has 100 valence electrons. The van der Waals surface area contributed by atoms with Gasteiger partial charge in [0.2, 0.25) is 10.0 Å². The molecule has 0 amide bonds. The van der Waals surface area contributed by atoms with E-state index < -0.39 is 22.5 Å². The number of sulfonamides is 1. The lowest BCUT2D eigenvalue weighted by molar-refractivity contribution is -0.139. The van der Waals surface area contributed by atoms with Crippen molar-refractivity contribution >= 4 is 27.6 Å². The van der Waals surface area contributed by atoms with Gasteiger partial charge in [0.05, 0.1) is 12.0 Å². The first-order valence-electron chi connectivity index (χ1n) is 5.11. The highest BCUT2D eigenvalue weighted by molar-refractivity contribution is 7.89. The minimum absolute atomic E-state index is 0.105. The zero-order valence-corrected chi connectivity index (χ0v) is 11.9. The summed E-state index contributed by atoms with van der Waals surface area (Å²) in [7, 11) is -2.56. The van der Waals surface area contributed by atoms with Crippen molar-refractivity contribution in [1.29, 1.82) is 0 Å². The monoisotopic (exact) mass is 291 g/mol. The Kier molecular flexibility index (Phi) is 4.72. The molecule has 0 aliphatic heterocycles. The third-order valence-corrected chi connectivity index (χ3v) is 4.33. The van der Waals surface area contributed by atoms with E-state index in [1.165, 1.54) is 13.2 Å². The maximum atomic E-state index is 12.0. The molecule has 5 nitrogen and oxygen atoms in total. The number of carbonyl (C=O) groups excluding carboxylic acids is 1. The minimum Gasteiger partial charge on any atom is -0.468 e. The van der Waals surface area contributed by atoms with Crippen LogP contribution in [0.1, 0.15) is 11.1 Å². The van der Waals surface area contributed by atoms with Gasteiger partial charge in [-0.2, -0.15) is 4.72 Å². The lowest BCUT2D eigenvalue weighted by Crippen LogP contribution is -2.30. The number of carbonyl (C=O) groups is 1. The van der Waals surface area contributed by atoms with Gasteiger partial charge in [0.1, 0.15) is 6.54 Å². The lowest BCUT2D eigenvalue weighted by atomic mass is 10.2. The van der Waals surface area contributed by atoms with E-state index in [1.807, 2.05) is 0 Å². The predicted molar refractivity (Wildman–Crippen MR) is 68.1 cm³/mol. The Morgan fingerprint density at radius 1 is 1.33 bits per heavy atom. The van der Waals surface area contributed by atoms with Crippen LogP contribution in [0.2, 0.25) is 5.02 Å². The Morgan fingerprint density at radius 2 is 1.94 bits per heavy atom. The van der Waals surface area contributed by atoms with E-state index in [0.717, 1.165) is 0 Å². The summed E-state index contributed by atoms with van der Waals surface area (Å²) >= 11 is 5.90. The van der Waals surface area contributed by atoms with Crippen LogP contribution >= 0.6 is 11.6 Å². The lowest BCUT2D eigenvalue weighted by Gasteiger charge is -2.10. The smallest absolute Gasteiger partial charge is 0.320 e. The summed E-state index contributed by atoms with van der Waals surface area (Å²) in [5.74, 6) is -0.651. The summed E-state index contributed by atoms with van der Waals surface area (Å²) in [6.07, 6.45) is 0. The molecule has 1 aromatic carbocycles. The van der Waals surface area contributed by atoms with Gasteiger partial charge in [-0.15, -0.1) is 0 Å². The van der Waals surface area contributed by atoms with E-state index in [0.29, 0.717) is 16.1 Å². The fourth-order valence-electron chi connectivity index (χ4n) is 1.35. The molecule has 0 bridgehead atoms. The van der Waals surface area contributed by atoms with Crippen LogP contribution in [0.4, 0.5) is 0 Å². The topological polar surface area (TPSA) is 72.5 Å². The average molecular weight is 292 g/mol. The molecule has 0 fully saturated rings. The maximum absolute atomic E-state index is 12.0. The van der Waals surface area contributed by atoms with Gasteiger partial charge in [0, 0.05) is 5.02 Å². The molecule has 1 rings (SSSR count). The van der Waals surface area contributed by atoms with E-state index in [2.05, 4.69) is 9.46 Å². The number of halogens is 1. The van der Waals surface area contributed by atoms with Crippen LogP contribution < -0.4 is 4.72 Å². The van der Waals surface area contributed by atoms with Crippen LogP contribution in [0.5, 0.6) is 0 Å². The molecule has 18 heavy (non-hydrogen) atoms. The Labute approximate surface area is 111 Å². The number of rotatable bonds is 4. The Hall–Kier alpha value is -1.11. The first-order valence-corrected chi connectivity index (χ1v) is 6.97. The van der Waals surface area contributed by atoms with Gasteiger partial charge in [-0.1, -0.05) is 11.6 Å². The number of aryl methyl sites for hydroxylation is 2. The van der Waals surface area contributed by atoms with Gasteiger partial charge >= 0.3 is 5.97 Å². The van der Waals surface area contributed by atoms with Crippen LogP contribution in [0, 0.1) is 13.8 Å². The third kappa shape index (κ3) is 3.44. The van der Waals surface area contributed by atoms with Gasteiger partial charge in [0.25, 0.3) is 0 Å². The van der Waals surface area contributed by atoms with Gasteiger partial charge in [-0.3, -0.25) is 4.79 Å². The number of nitrogens with one attached hydrogen (secondary N) is 1. The van der Waals surface area contributed by atoms with Gasteiger partial charge in [0.15, 0.2) is 0 Å². The van der Waals surface area contributed by atoms with E-state index in [1.54, 1.807) is 19.9 Å². The predicted octanol–water partition coefficient (Wildman–Crippen LogP) is 1.41. The Balaban J connectivity index is 3.06. The fourth-order valence-corrected chi connectivity index (χ4v) is 2.84. The summed E-state index contributed by atoms with van der Waals surface area (Å²) < 4.78 is 30.5. The van der Waals surface area contributed by atoms with Crippen molar-refractivity contribution in [3.8, 4) is 0 Å². The Bertz CT molecular complexity index is 569. The molecule has 1 aromatic rings. The van der Waals surface area contributed by atoms with Crippen molar-refractivity contribution in [2.75, 3.05) is 13.7 Å². The van der Waals surface area contributed by atoms with Crippen molar-refractivity contribution in [3.05, 3.63) is 28.3 Å². The summed E-state index contributed by atoms with van der Waals surface area (Å²) in [5.41, 5.74) is 1.17. The van der Waals surface area contributed by atoms with E-state index in [9.17, 15) is 13.2 Å². The van der Waals surface area contributed by atoms with Crippen LogP contribution in [-0.2, 0) is 19.6 Å². The molecule has 0 aliphatic carbocycles. The molecule has 0 aromatic heterocycles. The van der Waals surface area contributed by atoms with E-state index in [4.69, 9.17) is 11.6 Å². The molecule has 7 heteroatoms. The highest BCUT2D eigenvalue weighted by Crippen LogP contribution is 2.23. The van der Waals surface area contributed by atoms with Gasteiger partial charge < -0.3 is 4.74 Å². The van der Waals surface area contributed by atoms with Crippen LogP contribution in [0.25, 0.3) is 0 Å². The molecule has 0 radical (unpaired) electrons. The average Bonchev–Trinajstić information content (AvgIpc) is 2.30. The second-order valence-electron chi connectivity index (χ2n) is 3.77. The van der Waals surface area contributed by atoms with Crippen molar-refractivity contribution in [2.24, 2.45) is 0 Å². The van der Waals surface area contributed by atoms with Crippen LogP contribution in [0.3, 0.4) is 0 Å². The molecule has 0 saturated heterocycles. The summed E-state index contributed by atoms with van der Waals surface area (Å²) in [6, 6.07) is 3.04. The maximum Gasteiger partial charge on any atom is 0.320 e. The van der Waals surface area contributed by atoms with Crippen molar-refractivity contribution < 1.29 is 17.9 Å². The SMILES string of the molecule is COC(=O)CNS(=O)(=O)c1cc(C)c(Cl)cc1C. The molecule has 0 saturated carbocycles. The number of methoxy groups -OCH3 is 1. The number of hydrogen-bond acceptors (Lipinski definition) is 4. The van der Waals surface area contributed by atoms with Crippen LogP contribution in [-0.4, -0.2) is 28.0 Å². The largest absolute Gasteiger partial charge is 0.468 e. The number of esters is 1. The molecule has 1 N–H and O–H groups in total. The molecular weight excluding hydrogens is 278 g/mol. The zero-order chi connectivity index (χ0) is 13.9. The standard InChI is InChI=1S/C11H14ClNO4S/c1-7-5-10(8(2)4-9(7)12)18(15,16)13-6-11(14)17-3/h4-5,13H,6H2,1-3H3. The quantitative estimate of drug-likeness (QED) is 0.851. The second-order valence-corrected chi connectivity index (χ2v) is 5.91. The zero-order valence-electron chi connectivity index (χ0n) is 10.3. The highest BCUT2D eigenvalue weighted by atomic mass is 35.5. The molecule has 0 atom stereocenters. The molecule has 0 aliphatic rings. The fraction of sp³-hybridized carbons (Fsp3) is 0.364. The molecule has 0 spiro atoms. The number of ether oxygens (including phenoxy) is 1. The van der Waals surface area contributed by atoms with E-state index >= 15 is 0 Å². The minimum atomic E-state index is -3.74. The second kappa shape index (κ2) is 5.69. The number of benzene rings is 1. The van der Waals surface area contributed by atoms with Crippen molar-refractivity contribution in [3.63, 3.8) is 0 Å². The molecule has 0 heterocycles. The van der Waals surface area contributed by atoms with Gasteiger partial charge in [-0.05, 0) is 37.1 Å². The van der Waals surface area contributed by atoms with Gasteiger partial charge in [-0.25, -0.2) is 8.42 Å². The molecular formula is C11H14ClNO4S. The van der Waals surface area contributed by atoms with Crippen molar-refractivity contribution in [1.82, 2.24) is 4.72 Å². The third-order valence-electron chi connectivity index (χ3n) is 2.38. The normalized spacial score (nSPS) is 11.3.